The van der Waals surface area contributed by atoms with Gasteiger partial charge < -0.3 is 9.84 Å². The largest absolute Gasteiger partial charge is 0.459 e. The van der Waals surface area contributed by atoms with Gasteiger partial charge in [-0.3, -0.25) is 4.79 Å². The summed E-state index contributed by atoms with van der Waals surface area (Å²) in [6.45, 7) is 18.3. The molecule has 3 nitrogen and oxygen atoms in total. The Bertz CT molecular complexity index is 574. The first-order valence-electron chi connectivity index (χ1n) is 9.37. The summed E-state index contributed by atoms with van der Waals surface area (Å²) in [4.78, 5) is 11.5. The highest BCUT2D eigenvalue weighted by molar-refractivity contribution is 5.66. The van der Waals surface area contributed by atoms with Crippen molar-refractivity contribution in [3.63, 3.8) is 0 Å². The third-order valence-corrected chi connectivity index (χ3v) is 6.60. The molecule has 25 heavy (non-hydrogen) atoms. The van der Waals surface area contributed by atoms with Crippen LogP contribution in [0.3, 0.4) is 0 Å². The molecule has 0 amide bonds. The third kappa shape index (κ3) is 3.62. The van der Waals surface area contributed by atoms with Crippen LogP contribution in [0.2, 0.25) is 0 Å². The van der Waals surface area contributed by atoms with E-state index in [1.54, 1.807) is 0 Å². The second-order valence-corrected chi connectivity index (χ2v) is 8.84. The van der Waals surface area contributed by atoms with Gasteiger partial charge in [-0.05, 0) is 36.5 Å². The van der Waals surface area contributed by atoms with Crippen molar-refractivity contribution in [2.24, 2.45) is 28.6 Å². The van der Waals surface area contributed by atoms with Gasteiger partial charge in [0, 0.05) is 18.3 Å². The average molecular weight is 347 g/mol. The Morgan fingerprint density at radius 1 is 1.40 bits per heavy atom. The van der Waals surface area contributed by atoms with E-state index in [-0.39, 0.29) is 22.7 Å². The van der Waals surface area contributed by atoms with E-state index in [0.29, 0.717) is 18.3 Å². The molecule has 0 bridgehead atoms. The van der Waals surface area contributed by atoms with Crippen LogP contribution in [0, 0.1) is 28.6 Å². The molecule has 0 heterocycles. The number of ether oxygens (including phenoxy) is 1. The standard InChI is InChI=1S/C22H34O3/c1-8-14(2)9-11-17-15(3)10-12-19-21(5,6)20(25-16(4)23)18(24)13-22(17,19)7/h8-9,11,14,17-20,24H,1,3,10,12-13H2,2,4-7H3/b11-9-/t14-,17-,18+,19-,20-,22+/m1/s1. The zero-order valence-electron chi connectivity index (χ0n) is 16.4. The zero-order chi connectivity index (χ0) is 19.0. The van der Waals surface area contributed by atoms with Gasteiger partial charge in [0.2, 0.25) is 0 Å². The number of esters is 1. The Balaban J connectivity index is 2.40. The molecule has 2 rings (SSSR count). The molecule has 0 saturated heterocycles. The van der Waals surface area contributed by atoms with E-state index in [4.69, 9.17) is 4.74 Å². The van der Waals surface area contributed by atoms with Gasteiger partial charge in [-0.15, -0.1) is 6.58 Å². The normalized spacial score (nSPS) is 38.9. The summed E-state index contributed by atoms with van der Waals surface area (Å²) in [6, 6.07) is 0. The second-order valence-electron chi connectivity index (χ2n) is 8.84. The Labute approximate surface area is 152 Å². The highest BCUT2D eigenvalue weighted by Crippen LogP contribution is 2.61. The van der Waals surface area contributed by atoms with Gasteiger partial charge in [-0.1, -0.05) is 58.1 Å². The number of aliphatic hydroxyl groups is 1. The number of carbonyl (C=O) groups is 1. The molecule has 3 heteroatoms. The Hall–Kier alpha value is -1.35. The fourth-order valence-corrected chi connectivity index (χ4v) is 5.37. The van der Waals surface area contributed by atoms with Crippen molar-refractivity contribution in [3.05, 3.63) is 37.0 Å². The summed E-state index contributed by atoms with van der Waals surface area (Å²) >= 11 is 0. The molecule has 0 radical (unpaired) electrons. The maximum Gasteiger partial charge on any atom is 0.303 e. The minimum atomic E-state index is -0.654. The van der Waals surface area contributed by atoms with Crippen LogP contribution >= 0.6 is 0 Å². The molecule has 2 fully saturated rings. The van der Waals surface area contributed by atoms with Gasteiger partial charge in [-0.2, -0.15) is 0 Å². The molecule has 0 aliphatic heterocycles. The summed E-state index contributed by atoms with van der Waals surface area (Å²) in [7, 11) is 0. The molecular weight excluding hydrogens is 312 g/mol. The SMILES string of the molecule is C=C[C@@H](C)/C=C\[C@@H]1C(=C)CC[C@@H]2C(C)(C)[C@H](OC(C)=O)[C@@H](O)C[C@@]12C. The van der Waals surface area contributed by atoms with Crippen LogP contribution < -0.4 is 0 Å². The molecule has 0 spiro atoms. The lowest BCUT2D eigenvalue weighted by Gasteiger charge is -2.60. The van der Waals surface area contributed by atoms with Crippen LogP contribution in [0.4, 0.5) is 0 Å². The molecule has 6 atom stereocenters. The van der Waals surface area contributed by atoms with Crippen LogP contribution in [0.15, 0.2) is 37.0 Å². The predicted octanol–water partition coefficient (Wildman–Crippen LogP) is 4.68. The number of fused-ring (bicyclic) bond motifs is 1. The molecule has 2 aliphatic rings. The van der Waals surface area contributed by atoms with E-state index < -0.39 is 12.2 Å². The van der Waals surface area contributed by atoms with Gasteiger partial charge in [0.05, 0.1) is 6.10 Å². The number of aliphatic hydroxyl groups excluding tert-OH is 1. The first-order valence-corrected chi connectivity index (χ1v) is 9.37. The monoisotopic (exact) mass is 346 g/mol. The summed E-state index contributed by atoms with van der Waals surface area (Å²) in [5.74, 6) is 0.567. The molecule has 2 saturated carbocycles. The van der Waals surface area contributed by atoms with Crippen LogP contribution in [0.1, 0.15) is 53.9 Å². The Morgan fingerprint density at radius 2 is 2.04 bits per heavy atom. The van der Waals surface area contributed by atoms with Crippen molar-refractivity contribution < 1.29 is 14.6 Å². The van der Waals surface area contributed by atoms with Gasteiger partial charge in [-0.25, -0.2) is 0 Å². The van der Waals surface area contributed by atoms with E-state index >= 15 is 0 Å². The summed E-state index contributed by atoms with van der Waals surface area (Å²) in [6.07, 6.45) is 7.89. The molecular formula is C22H34O3. The number of hydrogen-bond donors (Lipinski definition) is 1. The number of allylic oxidation sites excluding steroid dienone is 4. The molecule has 0 aromatic carbocycles. The fraction of sp³-hybridized carbons (Fsp3) is 0.682. The molecule has 0 aromatic heterocycles. The van der Waals surface area contributed by atoms with E-state index in [9.17, 15) is 9.90 Å². The molecule has 1 N–H and O–H groups in total. The second kappa shape index (κ2) is 7.11. The molecule has 2 aliphatic carbocycles. The van der Waals surface area contributed by atoms with Crippen LogP contribution in [0.25, 0.3) is 0 Å². The number of rotatable bonds is 4. The smallest absolute Gasteiger partial charge is 0.303 e. The van der Waals surface area contributed by atoms with Gasteiger partial charge in [0.15, 0.2) is 0 Å². The van der Waals surface area contributed by atoms with Crippen LogP contribution in [-0.4, -0.2) is 23.3 Å². The highest BCUT2D eigenvalue weighted by atomic mass is 16.6. The summed E-state index contributed by atoms with van der Waals surface area (Å²) < 4.78 is 5.55. The lowest BCUT2D eigenvalue weighted by atomic mass is 9.46. The van der Waals surface area contributed by atoms with Crippen molar-refractivity contribution in [1.82, 2.24) is 0 Å². The van der Waals surface area contributed by atoms with Gasteiger partial charge in [0.25, 0.3) is 0 Å². The van der Waals surface area contributed by atoms with Gasteiger partial charge in [0.1, 0.15) is 6.10 Å². The third-order valence-electron chi connectivity index (χ3n) is 6.60. The zero-order valence-corrected chi connectivity index (χ0v) is 16.4. The Kier molecular flexibility index (Phi) is 5.68. The van der Waals surface area contributed by atoms with E-state index in [2.05, 4.69) is 53.0 Å². The number of carbonyl (C=O) groups excluding carboxylic acids is 1. The van der Waals surface area contributed by atoms with E-state index in [1.807, 2.05) is 6.08 Å². The lowest BCUT2D eigenvalue weighted by molar-refractivity contribution is -0.201. The van der Waals surface area contributed by atoms with Crippen LogP contribution in [0.5, 0.6) is 0 Å². The van der Waals surface area contributed by atoms with Crippen molar-refractivity contribution in [3.8, 4) is 0 Å². The first-order chi connectivity index (χ1) is 11.5. The Morgan fingerprint density at radius 3 is 2.60 bits per heavy atom. The van der Waals surface area contributed by atoms with Gasteiger partial charge >= 0.3 is 5.97 Å². The lowest BCUT2D eigenvalue weighted by Crippen LogP contribution is -2.60. The van der Waals surface area contributed by atoms with Crippen molar-refractivity contribution in [2.75, 3.05) is 0 Å². The summed E-state index contributed by atoms with van der Waals surface area (Å²) in [5, 5.41) is 10.8. The quantitative estimate of drug-likeness (QED) is 0.594. The average Bonchev–Trinajstić information content (AvgIpc) is 2.49. The maximum atomic E-state index is 11.5. The first kappa shape index (κ1) is 20.0. The minimum absolute atomic E-state index is 0.0910. The van der Waals surface area contributed by atoms with Crippen LogP contribution in [-0.2, 0) is 9.53 Å². The summed E-state index contributed by atoms with van der Waals surface area (Å²) in [5.41, 5.74) is 0.863. The van der Waals surface area contributed by atoms with Crippen molar-refractivity contribution in [2.45, 2.75) is 66.1 Å². The maximum absolute atomic E-state index is 11.5. The minimum Gasteiger partial charge on any atom is -0.459 e. The van der Waals surface area contributed by atoms with E-state index in [0.717, 1.165) is 12.8 Å². The molecule has 140 valence electrons. The number of hydrogen-bond acceptors (Lipinski definition) is 3. The van der Waals surface area contributed by atoms with Crippen molar-refractivity contribution >= 4 is 5.97 Å². The fourth-order valence-electron chi connectivity index (χ4n) is 5.37. The molecule has 0 unspecified atom stereocenters. The predicted molar refractivity (Wildman–Crippen MR) is 102 cm³/mol. The van der Waals surface area contributed by atoms with E-state index in [1.165, 1.54) is 12.5 Å². The molecule has 0 aromatic rings. The van der Waals surface area contributed by atoms with Crippen molar-refractivity contribution in [1.29, 1.82) is 0 Å². The topological polar surface area (TPSA) is 46.5 Å². The highest BCUT2D eigenvalue weighted by Gasteiger charge is 2.59.